The number of rotatable bonds is 11. The van der Waals surface area contributed by atoms with Crippen molar-refractivity contribution in [1.82, 2.24) is 9.88 Å². The zero-order valence-corrected chi connectivity index (χ0v) is 25.6. The second-order valence-corrected chi connectivity index (χ2v) is 16.8. The Bertz CT molecular complexity index is 1320. The number of nitrogens with zero attached hydrogens (tertiary/aromatic N) is 1. The van der Waals surface area contributed by atoms with Crippen LogP contribution in [0.1, 0.15) is 55.5 Å². The maximum Gasteiger partial charge on any atom is 0.330 e. The van der Waals surface area contributed by atoms with Crippen molar-refractivity contribution in [2.24, 2.45) is 0 Å². The van der Waals surface area contributed by atoms with E-state index in [1.54, 1.807) is 7.11 Å². The van der Waals surface area contributed by atoms with E-state index in [9.17, 15) is 4.79 Å². The molecule has 0 fully saturated rings. The first kappa shape index (κ1) is 29.1. The molecular weight excluding hydrogens is 504 g/mol. The Hall–Kier alpha value is -2.87. The lowest BCUT2D eigenvalue weighted by Crippen LogP contribution is -2.43. The summed E-state index contributed by atoms with van der Waals surface area (Å²) in [4.78, 5) is 17.6. The van der Waals surface area contributed by atoms with Gasteiger partial charge in [-0.05, 0) is 83.9 Å². The number of aromatic amines is 1. The molecule has 0 saturated carbocycles. The number of fused-ring (bicyclic) bond motifs is 2. The molecule has 39 heavy (non-hydrogen) atoms. The van der Waals surface area contributed by atoms with Crippen LogP contribution in [0.15, 0.2) is 48.7 Å². The Balaban J connectivity index is 1.54. The number of nitrogens with one attached hydrogen (secondary N) is 1. The number of carbonyl (C=O) groups excluding carboxylic acids is 1. The van der Waals surface area contributed by atoms with Crippen LogP contribution in [0.25, 0.3) is 17.0 Å². The Morgan fingerprint density at radius 1 is 1.13 bits per heavy atom. The van der Waals surface area contributed by atoms with E-state index >= 15 is 0 Å². The Morgan fingerprint density at radius 3 is 2.64 bits per heavy atom. The van der Waals surface area contributed by atoms with Crippen LogP contribution in [0.4, 0.5) is 0 Å². The van der Waals surface area contributed by atoms with Gasteiger partial charge in [0.15, 0.2) is 8.32 Å². The first-order chi connectivity index (χ1) is 18.5. The van der Waals surface area contributed by atoms with Crippen LogP contribution in [0.2, 0.25) is 18.1 Å². The van der Waals surface area contributed by atoms with E-state index in [4.69, 9.17) is 13.9 Å². The van der Waals surface area contributed by atoms with Crippen molar-refractivity contribution < 1.29 is 18.7 Å². The van der Waals surface area contributed by atoms with Crippen molar-refractivity contribution in [2.45, 2.75) is 64.2 Å². The molecule has 3 aromatic rings. The minimum atomic E-state index is -1.83. The van der Waals surface area contributed by atoms with Crippen LogP contribution in [0, 0.1) is 0 Å². The monoisotopic (exact) mass is 548 g/mol. The zero-order valence-electron chi connectivity index (χ0n) is 24.6. The maximum atomic E-state index is 11.5. The lowest BCUT2D eigenvalue weighted by atomic mass is 10.0. The van der Waals surface area contributed by atoms with E-state index in [0.717, 1.165) is 55.8 Å². The molecule has 0 saturated heterocycles. The smallest absolute Gasteiger partial charge is 0.330 e. The van der Waals surface area contributed by atoms with E-state index < -0.39 is 8.32 Å². The Labute approximate surface area is 234 Å². The van der Waals surface area contributed by atoms with Crippen LogP contribution in [-0.4, -0.2) is 58.1 Å². The molecule has 0 bridgehead atoms. The molecular formula is C32H44N2O4Si. The first-order valence-corrected chi connectivity index (χ1v) is 16.8. The van der Waals surface area contributed by atoms with E-state index in [2.05, 4.69) is 80.3 Å². The standard InChI is InChI=1S/C32H44N2O4Si/c1-32(2,3)39(6,7)38-19-18-34(17-16-25-22-33-29-13-11-26(36-4)21-28(25)29)30-14-10-24-20-23(8-12-27(24)30)9-15-31(35)37-5/h8-9,11-13,15,20-22,30,33H,10,14,16-19H2,1-7H3. The fraction of sp³-hybridized carbons (Fsp3) is 0.469. The quantitative estimate of drug-likeness (QED) is 0.160. The van der Waals surface area contributed by atoms with Gasteiger partial charge in [-0.1, -0.05) is 39.0 Å². The van der Waals surface area contributed by atoms with Crippen LogP contribution < -0.4 is 4.74 Å². The minimum absolute atomic E-state index is 0.189. The van der Waals surface area contributed by atoms with Gasteiger partial charge in [0.05, 0.1) is 14.2 Å². The number of methoxy groups -OCH3 is 2. The van der Waals surface area contributed by atoms with Crippen LogP contribution in [0.3, 0.4) is 0 Å². The lowest BCUT2D eigenvalue weighted by molar-refractivity contribution is -0.134. The molecule has 1 aliphatic rings. The third-order valence-corrected chi connectivity index (χ3v) is 13.1. The summed E-state index contributed by atoms with van der Waals surface area (Å²) < 4.78 is 16.8. The van der Waals surface area contributed by atoms with Gasteiger partial charge in [-0.3, -0.25) is 4.90 Å². The predicted octanol–water partition coefficient (Wildman–Crippen LogP) is 6.92. The second-order valence-electron chi connectivity index (χ2n) is 12.0. The summed E-state index contributed by atoms with van der Waals surface area (Å²) >= 11 is 0. The molecule has 7 heteroatoms. The highest BCUT2D eigenvalue weighted by Gasteiger charge is 2.37. The highest BCUT2D eigenvalue weighted by molar-refractivity contribution is 6.74. The number of benzene rings is 2. The molecule has 1 atom stereocenters. The van der Waals surface area contributed by atoms with Crippen LogP contribution in [0.5, 0.6) is 5.75 Å². The highest BCUT2D eigenvalue weighted by Crippen LogP contribution is 2.38. The lowest BCUT2D eigenvalue weighted by Gasteiger charge is -2.37. The van der Waals surface area contributed by atoms with E-state index in [1.807, 2.05) is 12.1 Å². The zero-order chi connectivity index (χ0) is 28.2. The molecule has 1 N–H and O–H groups in total. The minimum Gasteiger partial charge on any atom is -0.497 e. The second kappa shape index (κ2) is 12.1. The SMILES string of the molecule is COC(=O)C=Cc1ccc2c(c1)CCC2N(CCO[Si](C)(C)C(C)(C)C)CCc1c[nH]c2ccc(OC)cc12. The van der Waals surface area contributed by atoms with Crippen molar-refractivity contribution in [2.75, 3.05) is 33.9 Å². The van der Waals surface area contributed by atoms with E-state index in [-0.39, 0.29) is 11.0 Å². The number of esters is 1. The third kappa shape index (κ3) is 6.83. The number of ether oxygens (including phenoxy) is 2. The summed E-state index contributed by atoms with van der Waals surface area (Å²) in [6.07, 6.45) is 8.51. The van der Waals surface area contributed by atoms with E-state index in [1.165, 1.54) is 35.3 Å². The predicted molar refractivity (Wildman–Crippen MR) is 162 cm³/mol. The van der Waals surface area contributed by atoms with Crippen molar-refractivity contribution in [1.29, 1.82) is 0 Å². The molecule has 1 aromatic heterocycles. The molecule has 1 aliphatic carbocycles. The summed E-state index contributed by atoms with van der Waals surface area (Å²) in [5.41, 5.74) is 6.22. The summed E-state index contributed by atoms with van der Waals surface area (Å²) in [5.74, 6) is 0.543. The van der Waals surface area contributed by atoms with Crippen molar-refractivity contribution in [3.05, 3.63) is 70.9 Å². The number of carbonyl (C=O) groups is 1. The van der Waals surface area contributed by atoms with Gasteiger partial charge in [-0.2, -0.15) is 0 Å². The number of H-pyrrole nitrogens is 1. The number of aryl methyl sites for hydroxylation is 1. The summed E-state index contributed by atoms with van der Waals surface area (Å²) in [5, 5.41) is 1.41. The van der Waals surface area contributed by atoms with Crippen LogP contribution >= 0.6 is 0 Å². The number of hydrogen-bond acceptors (Lipinski definition) is 5. The summed E-state index contributed by atoms with van der Waals surface area (Å²) in [7, 11) is 1.29. The molecule has 0 aliphatic heterocycles. The molecule has 0 radical (unpaired) electrons. The highest BCUT2D eigenvalue weighted by atomic mass is 28.4. The molecule has 210 valence electrons. The Kier molecular flexibility index (Phi) is 9.04. The van der Waals surface area contributed by atoms with Gasteiger partial charge in [0.2, 0.25) is 0 Å². The van der Waals surface area contributed by atoms with Gasteiger partial charge in [-0.25, -0.2) is 4.79 Å². The average molecular weight is 549 g/mol. The largest absolute Gasteiger partial charge is 0.497 e. The molecule has 0 spiro atoms. The first-order valence-electron chi connectivity index (χ1n) is 13.9. The van der Waals surface area contributed by atoms with E-state index in [0.29, 0.717) is 6.04 Å². The van der Waals surface area contributed by atoms with Gasteiger partial charge >= 0.3 is 5.97 Å². The number of hydrogen-bond donors (Lipinski definition) is 1. The van der Waals surface area contributed by atoms with Gasteiger partial charge in [0.25, 0.3) is 0 Å². The fourth-order valence-electron chi connectivity index (χ4n) is 5.14. The summed E-state index contributed by atoms with van der Waals surface area (Å²) in [6, 6.07) is 13.1. The Morgan fingerprint density at radius 2 is 1.92 bits per heavy atom. The topological polar surface area (TPSA) is 63.8 Å². The molecule has 1 heterocycles. The molecule has 1 unspecified atom stereocenters. The normalized spacial score (nSPS) is 15.8. The molecule has 4 rings (SSSR count). The van der Waals surface area contributed by atoms with Crippen molar-refractivity contribution in [3.63, 3.8) is 0 Å². The van der Waals surface area contributed by atoms with Gasteiger partial charge < -0.3 is 18.9 Å². The third-order valence-electron chi connectivity index (χ3n) is 8.56. The fourth-order valence-corrected chi connectivity index (χ4v) is 6.18. The van der Waals surface area contributed by atoms with Gasteiger partial charge in [0, 0.05) is 48.9 Å². The van der Waals surface area contributed by atoms with Gasteiger partial charge in [0.1, 0.15) is 5.75 Å². The van der Waals surface area contributed by atoms with Crippen LogP contribution in [-0.2, 0) is 26.8 Å². The molecule has 6 nitrogen and oxygen atoms in total. The van der Waals surface area contributed by atoms with Crippen molar-refractivity contribution >= 4 is 31.3 Å². The van der Waals surface area contributed by atoms with Crippen molar-refractivity contribution in [3.8, 4) is 5.75 Å². The van der Waals surface area contributed by atoms with Gasteiger partial charge in [-0.15, -0.1) is 0 Å². The molecule has 0 amide bonds. The maximum absolute atomic E-state index is 11.5. The summed E-state index contributed by atoms with van der Waals surface area (Å²) in [6.45, 7) is 14.1. The molecule has 2 aromatic carbocycles. The average Bonchev–Trinajstić information content (AvgIpc) is 3.51. The number of aromatic nitrogens is 1.